The van der Waals surface area contributed by atoms with Gasteiger partial charge >= 0.3 is 6.09 Å². The number of carbonyl (C=O) groups excluding carboxylic acids is 1. The van der Waals surface area contributed by atoms with E-state index >= 15 is 0 Å². The zero-order valence-electron chi connectivity index (χ0n) is 13.9. The van der Waals surface area contributed by atoms with Crippen LogP contribution in [0.4, 0.5) is 14.9 Å². The Labute approximate surface area is 154 Å². The lowest BCUT2D eigenvalue weighted by atomic mass is 10.2. The average Bonchev–Trinajstić information content (AvgIpc) is 3.26. The first-order valence-electron chi connectivity index (χ1n) is 8.05. The Bertz CT molecular complexity index is 979. The van der Waals surface area contributed by atoms with E-state index in [0.29, 0.717) is 17.2 Å². The van der Waals surface area contributed by atoms with Crippen LogP contribution in [0.5, 0.6) is 11.5 Å². The van der Waals surface area contributed by atoms with E-state index in [1.165, 1.54) is 47.4 Å². The summed E-state index contributed by atoms with van der Waals surface area (Å²) in [5.41, 5.74) is 0.475. The highest BCUT2D eigenvalue weighted by molar-refractivity contribution is 7.89. The van der Waals surface area contributed by atoms with Crippen LogP contribution in [0.1, 0.15) is 0 Å². The van der Waals surface area contributed by atoms with Gasteiger partial charge in [0.15, 0.2) is 11.5 Å². The van der Waals surface area contributed by atoms with Crippen LogP contribution in [0.25, 0.3) is 0 Å². The molecular weight excluding hydrogens is 379 g/mol. The number of ether oxygens (including phenoxy) is 3. The summed E-state index contributed by atoms with van der Waals surface area (Å²) in [5.74, 6) is 0.417. The Morgan fingerprint density at radius 2 is 1.85 bits per heavy atom. The predicted octanol–water partition coefficient (Wildman–Crippen LogP) is 1.86. The number of cyclic esters (lactones) is 1. The second kappa shape index (κ2) is 6.71. The average molecular weight is 394 g/mol. The highest BCUT2D eigenvalue weighted by Gasteiger charge is 2.33. The first kappa shape index (κ1) is 17.6. The van der Waals surface area contributed by atoms with Gasteiger partial charge in [-0.1, -0.05) is 0 Å². The quantitative estimate of drug-likeness (QED) is 0.832. The Balaban J connectivity index is 1.41. The van der Waals surface area contributed by atoms with Gasteiger partial charge in [-0.05, 0) is 36.4 Å². The zero-order valence-corrected chi connectivity index (χ0v) is 14.7. The molecule has 10 heteroatoms. The molecule has 1 fully saturated rings. The van der Waals surface area contributed by atoms with Crippen LogP contribution in [0.15, 0.2) is 47.4 Å². The number of sulfonamides is 1. The molecule has 0 aliphatic carbocycles. The smallest absolute Gasteiger partial charge is 0.414 e. The van der Waals surface area contributed by atoms with E-state index in [0.717, 1.165) is 0 Å². The van der Waals surface area contributed by atoms with Crippen LogP contribution in [-0.4, -0.2) is 40.5 Å². The van der Waals surface area contributed by atoms with Crippen LogP contribution in [0, 0.1) is 5.82 Å². The van der Waals surface area contributed by atoms with E-state index in [1.807, 2.05) is 0 Å². The lowest BCUT2D eigenvalue weighted by Gasteiger charge is -2.13. The number of hydrogen-bond donors (Lipinski definition) is 1. The van der Waals surface area contributed by atoms with Crippen molar-refractivity contribution in [2.75, 3.05) is 24.8 Å². The molecule has 142 valence electrons. The van der Waals surface area contributed by atoms with Crippen LogP contribution < -0.4 is 19.1 Å². The van der Waals surface area contributed by atoms with Gasteiger partial charge < -0.3 is 14.2 Å². The summed E-state index contributed by atoms with van der Waals surface area (Å²) < 4.78 is 55.9. The highest BCUT2D eigenvalue weighted by atomic mass is 32.2. The number of fused-ring (bicyclic) bond motifs is 1. The molecule has 0 saturated carbocycles. The molecule has 2 heterocycles. The number of nitrogens with zero attached hydrogens (tertiary/aromatic N) is 1. The van der Waals surface area contributed by atoms with Crippen molar-refractivity contribution >= 4 is 21.8 Å². The molecule has 0 radical (unpaired) electrons. The molecule has 2 aromatic rings. The number of anilines is 1. The second-order valence-electron chi connectivity index (χ2n) is 5.96. The molecule has 2 aliphatic rings. The van der Waals surface area contributed by atoms with Gasteiger partial charge in [0.05, 0.1) is 11.4 Å². The number of nitrogens with one attached hydrogen (secondary N) is 1. The van der Waals surface area contributed by atoms with E-state index in [-0.39, 0.29) is 24.8 Å². The van der Waals surface area contributed by atoms with Crippen molar-refractivity contribution in [1.29, 1.82) is 0 Å². The summed E-state index contributed by atoms with van der Waals surface area (Å²) in [5, 5.41) is 0. The van der Waals surface area contributed by atoms with E-state index < -0.39 is 28.0 Å². The largest absolute Gasteiger partial charge is 0.454 e. The minimum Gasteiger partial charge on any atom is -0.454 e. The SMILES string of the molecule is O=C1OC(CNS(=O)(=O)c2ccc3c(c2)OCO3)CN1c1ccc(F)cc1. The second-order valence-corrected chi connectivity index (χ2v) is 7.73. The monoisotopic (exact) mass is 394 g/mol. The Morgan fingerprint density at radius 1 is 1.11 bits per heavy atom. The minimum absolute atomic E-state index is 0.0199. The van der Waals surface area contributed by atoms with Crippen molar-refractivity contribution in [3.8, 4) is 11.5 Å². The molecule has 0 bridgehead atoms. The molecule has 8 nitrogen and oxygen atoms in total. The van der Waals surface area contributed by atoms with E-state index in [1.54, 1.807) is 0 Å². The first-order chi connectivity index (χ1) is 12.9. The van der Waals surface area contributed by atoms with Gasteiger partial charge in [0.25, 0.3) is 0 Å². The summed E-state index contributed by atoms with van der Waals surface area (Å²) in [4.78, 5) is 13.3. The molecule has 1 atom stereocenters. The van der Waals surface area contributed by atoms with Gasteiger partial charge in [-0.15, -0.1) is 0 Å². The molecule has 2 aliphatic heterocycles. The van der Waals surface area contributed by atoms with Crippen molar-refractivity contribution in [3.63, 3.8) is 0 Å². The standard InChI is InChI=1S/C17H15FN2O6S/c18-11-1-3-12(4-2-11)20-9-13(26-17(20)21)8-19-27(22,23)14-5-6-15-16(7-14)25-10-24-15/h1-7,13,19H,8-10H2. The zero-order chi connectivity index (χ0) is 19.0. The third-order valence-electron chi connectivity index (χ3n) is 4.17. The molecule has 4 rings (SSSR count). The normalized spacial score (nSPS) is 18.6. The lowest BCUT2D eigenvalue weighted by Crippen LogP contribution is -2.34. The number of carbonyl (C=O) groups is 1. The summed E-state index contributed by atoms with van der Waals surface area (Å²) in [6.45, 7) is 0.0951. The molecule has 1 saturated heterocycles. The molecule has 0 spiro atoms. The van der Waals surface area contributed by atoms with Crippen LogP contribution in [-0.2, 0) is 14.8 Å². The van der Waals surface area contributed by atoms with Crippen molar-refractivity contribution in [3.05, 3.63) is 48.3 Å². The summed E-state index contributed by atoms with van der Waals surface area (Å²) in [7, 11) is -3.82. The fourth-order valence-electron chi connectivity index (χ4n) is 2.79. The van der Waals surface area contributed by atoms with E-state index in [4.69, 9.17) is 14.2 Å². The summed E-state index contributed by atoms with van der Waals surface area (Å²) in [6, 6.07) is 9.67. The topological polar surface area (TPSA) is 94.2 Å². The Kier molecular flexibility index (Phi) is 4.36. The molecule has 0 aromatic heterocycles. The fraction of sp³-hybridized carbons (Fsp3) is 0.235. The predicted molar refractivity (Wildman–Crippen MR) is 91.8 cm³/mol. The van der Waals surface area contributed by atoms with Crippen LogP contribution in [0.3, 0.4) is 0 Å². The number of amides is 1. The lowest BCUT2D eigenvalue weighted by molar-refractivity contribution is 0.143. The maximum absolute atomic E-state index is 13.0. The number of hydrogen-bond acceptors (Lipinski definition) is 6. The summed E-state index contributed by atoms with van der Waals surface area (Å²) in [6.07, 6.45) is -1.29. The van der Waals surface area contributed by atoms with Crippen molar-refractivity contribution in [1.82, 2.24) is 4.72 Å². The molecule has 1 unspecified atom stereocenters. The summed E-state index contributed by atoms with van der Waals surface area (Å²) >= 11 is 0. The van der Waals surface area contributed by atoms with E-state index in [9.17, 15) is 17.6 Å². The maximum Gasteiger partial charge on any atom is 0.414 e. The third kappa shape index (κ3) is 3.53. The maximum atomic E-state index is 13.0. The van der Waals surface area contributed by atoms with Gasteiger partial charge in [0, 0.05) is 18.3 Å². The Morgan fingerprint density at radius 3 is 2.63 bits per heavy atom. The minimum atomic E-state index is -3.82. The molecule has 2 aromatic carbocycles. The fourth-order valence-corrected chi connectivity index (χ4v) is 3.87. The number of rotatable bonds is 5. The van der Waals surface area contributed by atoms with Gasteiger partial charge in [-0.25, -0.2) is 22.3 Å². The number of halogens is 1. The van der Waals surface area contributed by atoms with Crippen molar-refractivity contribution in [2.24, 2.45) is 0 Å². The number of benzene rings is 2. The highest BCUT2D eigenvalue weighted by Crippen LogP contribution is 2.33. The molecular formula is C17H15FN2O6S. The molecule has 1 N–H and O–H groups in total. The van der Waals surface area contributed by atoms with Gasteiger partial charge in [0.2, 0.25) is 16.8 Å². The van der Waals surface area contributed by atoms with Gasteiger partial charge in [0.1, 0.15) is 11.9 Å². The van der Waals surface area contributed by atoms with Crippen LogP contribution >= 0.6 is 0 Å². The van der Waals surface area contributed by atoms with Gasteiger partial charge in [-0.2, -0.15) is 0 Å². The van der Waals surface area contributed by atoms with Gasteiger partial charge in [-0.3, -0.25) is 4.90 Å². The van der Waals surface area contributed by atoms with E-state index in [2.05, 4.69) is 4.72 Å². The van der Waals surface area contributed by atoms with Crippen LogP contribution in [0.2, 0.25) is 0 Å². The Hall–Kier alpha value is -2.85. The van der Waals surface area contributed by atoms with Crippen molar-refractivity contribution in [2.45, 2.75) is 11.0 Å². The third-order valence-corrected chi connectivity index (χ3v) is 5.59. The molecule has 27 heavy (non-hydrogen) atoms. The first-order valence-corrected chi connectivity index (χ1v) is 9.54. The van der Waals surface area contributed by atoms with Crippen molar-refractivity contribution < 1.29 is 31.8 Å². The molecule has 1 amide bonds.